The minimum Gasteiger partial charge on any atom is -0.464 e. The maximum atomic E-state index is 13.2. The Hall–Kier alpha value is -2.08. The Kier molecular flexibility index (Phi) is 3.92. The summed E-state index contributed by atoms with van der Waals surface area (Å²) >= 11 is 0. The molecule has 2 N–H and O–H groups in total. The number of piperidine rings is 1. The highest BCUT2D eigenvalue weighted by Gasteiger charge is 2.35. The van der Waals surface area contributed by atoms with Crippen molar-refractivity contribution in [3.63, 3.8) is 0 Å². The monoisotopic (exact) mass is 328 g/mol. The summed E-state index contributed by atoms with van der Waals surface area (Å²) in [6.45, 7) is 6.57. The molecule has 2 atom stereocenters. The molecule has 2 aliphatic rings. The Morgan fingerprint density at radius 3 is 3.08 bits per heavy atom. The molecule has 0 bridgehead atoms. The summed E-state index contributed by atoms with van der Waals surface area (Å²) < 4.78 is 5.85. The summed E-state index contributed by atoms with van der Waals surface area (Å²) in [5.74, 6) is 2.37. The van der Waals surface area contributed by atoms with Crippen LogP contribution in [-0.4, -0.2) is 34.1 Å². The Morgan fingerprint density at radius 2 is 2.29 bits per heavy atom. The van der Waals surface area contributed by atoms with E-state index < -0.39 is 0 Å². The predicted octanol–water partition coefficient (Wildman–Crippen LogP) is 2.57. The molecule has 4 rings (SSSR count). The zero-order valence-corrected chi connectivity index (χ0v) is 14.3. The van der Waals surface area contributed by atoms with Crippen LogP contribution < -0.4 is 5.32 Å². The second-order valence-corrected chi connectivity index (χ2v) is 7.05. The summed E-state index contributed by atoms with van der Waals surface area (Å²) in [5.41, 5.74) is 2.69. The number of fused-ring (bicyclic) bond motifs is 1. The second-order valence-electron chi connectivity index (χ2n) is 7.05. The van der Waals surface area contributed by atoms with Gasteiger partial charge in [-0.2, -0.15) is 5.10 Å². The number of H-pyrrole nitrogens is 1. The first-order valence-corrected chi connectivity index (χ1v) is 8.77. The number of nitrogens with zero attached hydrogens (tertiary/aromatic N) is 2. The van der Waals surface area contributed by atoms with Crippen LogP contribution in [0.3, 0.4) is 0 Å². The summed E-state index contributed by atoms with van der Waals surface area (Å²) in [6.07, 6.45) is 2.85. The lowest BCUT2D eigenvalue weighted by atomic mass is 9.90. The first-order chi connectivity index (χ1) is 11.6. The molecule has 128 valence electrons. The third kappa shape index (κ3) is 2.65. The number of nitrogens with one attached hydrogen (secondary N) is 2. The molecule has 0 spiro atoms. The quantitative estimate of drug-likeness (QED) is 0.888. The van der Waals surface area contributed by atoms with Crippen LogP contribution in [0.5, 0.6) is 0 Å². The normalized spacial score (nSPS) is 24.0. The molecule has 4 heterocycles. The van der Waals surface area contributed by atoms with Gasteiger partial charge in [0.25, 0.3) is 5.91 Å². The van der Waals surface area contributed by atoms with E-state index in [4.69, 9.17) is 4.42 Å². The lowest BCUT2D eigenvalue weighted by Crippen LogP contribution is -2.41. The molecule has 1 amide bonds. The third-order valence-corrected chi connectivity index (χ3v) is 5.22. The first kappa shape index (κ1) is 15.4. The van der Waals surface area contributed by atoms with Crippen molar-refractivity contribution in [2.24, 2.45) is 5.92 Å². The molecule has 1 fully saturated rings. The number of hydrogen-bond donors (Lipinski definition) is 2. The highest BCUT2D eigenvalue weighted by Crippen LogP contribution is 2.36. The van der Waals surface area contributed by atoms with E-state index in [0.717, 1.165) is 55.1 Å². The summed E-state index contributed by atoms with van der Waals surface area (Å²) in [4.78, 5) is 15.2. The number of rotatable bonds is 2. The molecule has 0 aliphatic carbocycles. The van der Waals surface area contributed by atoms with Crippen molar-refractivity contribution < 1.29 is 9.21 Å². The molecule has 1 saturated heterocycles. The Morgan fingerprint density at radius 1 is 1.42 bits per heavy atom. The van der Waals surface area contributed by atoms with Crippen LogP contribution in [-0.2, 0) is 13.0 Å². The molecule has 0 saturated carbocycles. The SMILES string of the molecule is Cc1ccc(C2CC(C)CCN2C(=O)c2n[nH]c3c2CNCC3)o1. The zero-order chi connectivity index (χ0) is 16.7. The van der Waals surface area contributed by atoms with Gasteiger partial charge in [-0.15, -0.1) is 0 Å². The maximum absolute atomic E-state index is 13.2. The van der Waals surface area contributed by atoms with E-state index in [1.165, 1.54) is 0 Å². The fourth-order valence-electron chi connectivity index (χ4n) is 3.83. The van der Waals surface area contributed by atoms with Crippen molar-refractivity contribution in [1.29, 1.82) is 0 Å². The molecule has 0 aromatic carbocycles. The highest BCUT2D eigenvalue weighted by atomic mass is 16.3. The number of amides is 1. The molecular formula is C18H24N4O2. The van der Waals surface area contributed by atoms with Gasteiger partial charge in [0.05, 0.1) is 6.04 Å². The van der Waals surface area contributed by atoms with E-state index >= 15 is 0 Å². The average molecular weight is 328 g/mol. The number of aromatic amines is 1. The van der Waals surface area contributed by atoms with Gasteiger partial charge in [0, 0.05) is 37.3 Å². The minimum atomic E-state index is -0.00107. The topological polar surface area (TPSA) is 74.2 Å². The van der Waals surface area contributed by atoms with Gasteiger partial charge in [0.1, 0.15) is 11.5 Å². The van der Waals surface area contributed by atoms with Crippen LogP contribution in [0.15, 0.2) is 16.5 Å². The van der Waals surface area contributed by atoms with E-state index in [9.17, 15) is 4.79 Å². The van der Waals surface area contributed by atoms with Gasteiger partial charge in [-0.1, -0.05) is 6.92 Å². The largest absolute Gasteiger partial charge is 0.464 e. The first-order valence-electron chi connectivity index (χ1n) is 8.77. The van der Waals surface area contributed by atoms with Gasteiger partial charge in [0.15, 0.2) is 5.69 Å². The number of carbonyl (C=O) groups is 1. The Balaban J connectivity index is 1.65. The van der Waals surface area contributed by atoms with Gasteiger partial charge in [-0.25, -0.2) is 0 Å². The number of aromatic nitrogens is 2. The second kappa shape index (κ2) is 6.09. The fraction of sp³-hybridized carbons (Fsp3) is 0.556. The van der Waals surface area contributed by atoms with Crippen LogP contribution in [0.2, 0.25) is 0 Å². The standard InChI is InChI=1S/C18H24N4O2/c1-11-6-8-22(15(9-11)16-4-3-12(2)24-16)18(23)17-13-10-19-7-5-14(13)20-21-17/h3-4,11,15,19H,5-10H2,1-2H3,(H,20,21). The molecule has 24 heavy (non-hydrogen) atoms. The van der Waals surface area contributed by atoms with E-state index in [0.29, 0.717) is 18.2 Å². The van der Waals surface area contributed by atoms with E-state index in [2.05, 4.69) is 22.4 Å². The van der Waals surface area contributed by atoms with Gasteiger partial charge < -0.3 is 14.6 Å². The lowest BCUT2D eigenvalue weighted by Gasteiger charge is -2.37. The maximum Gasteiger partial charge on any atom is 0.275 e. The summed E-state index contributed by atoms with van der Waals surface area (Å²) in [5, 5.41) is 10.7. The number of furan rings is 1. The molecule has 6 heteroatoms. The van der Waals surface area contributed by atoms with Crippen molar-refractivity contribution in [1.82, 2.24) is 20.4 Å². The van der Waals surface area contributed by atoms with Gasteiger partial charge in [-0.3, -0.25) is 9.89 Å². The minimum absolute atomic E-state index is 0.00107. The van der Waals surface area contributed by atoms with E-state index in [-0.39, 0.29) is 11.9 Å². The van der Waals surface area contributed by atoms with Crippen LogP contribution >= 0.6 is 0 Å². The van der Waals surface area contributed by atoms with Crippen LogP contribution in [0.4, 0.5) is 0 Å². The lowest BCUT2D eigenvalue weighted by molar-refractivity contribution is 0.0512. The molecule has 2 unspecified atom stereocenters. The smallest absolute Gasteiger partial charge is 0.275 e. The highest BCUT2D eigenvalue weighted by molar-refractivity contribution is 5.94. The van der Waals surface area contributed by atoms with E-state index in [1.54, 1.807) is 0 Å². The summed E-state index contributed by atoms with van der Waals surface area (Å²) in [6, 6.07) is 3.97. The molecule has 2 aromatic heterocycles. The van der Waals surface area contributed by atoms with Gasteiger partial charge in [-0.05, 0) is 37.8 Å². The van der Waals surface area contributed by atoms with Crippen molar-refractivity contribution in [3.05, 3.63) is 40.6 Å². The third-order valence-electron chi connectivity index (χ3n) is 5.22. The zero-order valence-electron chi connectivity index (χ0n) is 14.3. The van der Waals surface area contributed by atoms with E-state index in [1.807, 2.05) is 24.0 Å². The van der Waals surface area contributed by atoms with Crippen molar-refractivity contribution in [2.45, 2.75) is 45.7 Å². The molecule has 2 aliphatic heterocycles. The van der Waals surface area contributed by atoms with Crippen LogP contribution in [0, 0.1) is 12.8 Å². The molecular weight excluding hydrogens is 304 g/mol. The van der Waals surface area contributed by atoms with Crippen LogP contribution in [0.1, 0.15) is 59.1 Å². The predicted molar refractivity (Wildman–Crippen MR) is 89.6 cm³/mol. The van der Waals surface area contributed by atoms with Crippen LogP contribution in [0.25, 0.3) is 0 Å². The number of hydrogen-bond acceptors (Lipinski definition) is 4. The number of likely N-dealkylation sites (tertiary alicyclic amines) is 1. The van der Waals surface area contributed by atoms with Gasteiger partial charge in [0.2, 0.25) is 0 Å². The van der Waals surface area contributed by atoms with Crippen molar-refractivity contribution >= 4 is 5.91 Å². The molecule has 0 radical (unpaired) electrons. The molecule has 2 aromatic rings. The Labute approximate surface area is 141 Å². The van der Waals surface area contributed by atoms with Gasteiger partial charge >= 0.3 is 0 Å². The number of carbonyl (C=O) groups excluding carboxylic acids is 1. The number of aryl methyl sites for hydroxylation is 1. The summed E-state index contributed by atoms with van der Waals surface area (Å²) in [7, 11) is 0. The van der Waals surface area contributed by atoms with Crippen molar-refractivity contribution in [2.75, 3.05) is 13.1 Å². The molecule has 6 nitrogen and oxygen atoms in total. The fourth-order valence-corrected chi connectivity index (χ4v) is 3.83. The van der Waals surface area contributed by atoms with Crippen molar-refractivity contribution in [3.8, 4) is 0 Å². The Bertz CT molecular complexity index is 748. The average Bonchev–Trinajstić information content (AvgIpc) is 3.20.